The molecule has 0 spiro atoms. The van der Waals surface area contributed by atoms with E-state index >= 15 is 0 Å². The lowest BCUT2D eigenvalue weighted by molar-refractivity contribution is 0.267. The molecule has 4 rings (SSSR count). The van der Waals surface area contributed by atoms with E-state index in [9.17, 15) is 5.11 Å². The number of hydrogen-bond donors (Lipinski definition) is 1. The van der Waals surface area contributed by atoms with E-state index in [4.69, 9.17) is 9.97 Å². The van der Waals surface area contributed by atoms with Crippen LogP contribution in [0.2, 0.25) is 0 Å². The van der Waals surface area contributed by atoms with Crippen LogP contribution in [-0.2, 0) is 6.42 Å². The molecule has 3 aromatic rings. The maximum atomic E-state index is 9.22. The van der Waals surface area contributed by atoms with Crippen molar-refractivity contribution in [1.82, 2.24) is 9.97 Å². The highest BCUT2D eigenvalue weighted by atomic mass is 16.3. The molecule has 1 aliphatic carbocycles. The number of aryl methyl sites for hydroxylation is 1. The van der Waals surface area contributed by atoms with E-state index in [2.05, 4.69) is 12.1 Å². The average Bonchev–Trinajstić information content (AvgIpc) is 3.38. The maximum absolute atomic E-state index is 9.22. The van der Waals surface area contributed by atoms with E-state index in [1.807, 2.05) is 42.5 Å². The van der Waals surface area contributed by atoms with Crippen LogP contribution in [0.5, 0.6) is 0 Å². The molecular formula is C20H20N2O. The van der Waals surface area contributed by atoms with Crippen LogP contribution in [0.1, 0.15) is 18.5 Å². The average molecular weight is 304 g/mol. The van der Waals surface area contributed by atoms with Gasteiger partial charge in [-0.25, -0.2) is 9.97 Å². The van der Waals surface area contributed by atoms with Crippen molar-refractivity contribution in [2.75, 3.05) is 6.61 Å². The summed E-state index contributed by atoms with van der Waals surface area (Å²) >= 11 is 0. The van der Waals surface area contributed by atoms with Gasteiger partial charge >= 0.3 is 0 Å². The number of benzene rings is 2. The van der Waals surface area contributed by atoms with Gasteiger partial charge in [-0.3, -0.25) is 0 Å². The highest BCUT2D eigenvalue weighted by Gasteiger charge is 2.35. The number of aliphatic hydroxyl groups is 1. The molecule has 116 valence electrons. The minimum absolute atomic E-state index is 0.319. The zero-order chi connectivity index (χ0) is 15.6. The Morgan fingerprint density at radius 1 is 0.870 bits per heavy atom. The summed E-state index contributed by atoms with van der Waals surface area (Å²) in [5.41, 5.74) is 5.07. The zero-order valence-electron chi connectivity index (χ0n) is 13.0. The van der Waals surface area contributed by atoms with Gasteiger partial charge in [0, 0.05) is 12.2 Å². The summed E-state index contributed by atoms with van der Waals surface area (Å²) in [5, 5.41) is 9.22. The van der Waals surface area contributed by atoms with Gasteiger partial charge in [-0.1, -0.05) is 42.5 Å². The lowest BCUT2D eigenvalue weighted by atomic mass is 10.0. The van der Waals surface area contributed by atoms with Crippen LogP contribution in [0.25, 0.3) is 22.3 Å². The Morgan fingerprint density at radius 2 is 1.57 bits per heavy atom. The second-order valence-corrected chi connectivity index (χ2v) is 6.35. The molecule has 0 aliphatic heterocycles. The lowest BCUT2D eigenvalue weighted by Gasteiger charge is -2.10. The first-order valence-electron chi connectivity index (χ1n) is 8.27. The first-order chi connectivity index (χ1) is 11.3. The molecule has 0 saturated heterocycles. The molecule has 2 unspecified atom stereocenters. The Kier molecular flexibility index (Phi) is 3.80. The van der Waals surface area contributed by atoms with Gasteiger partial charge in [0.1, 0.15) is 0 Å². The summed E-state index contributed by atoms with van der Waals surface area (Å²) in [4.78, 5) is 9.75. The SMILES string of the molecule is OCC1CC1CCc1nc2ccccc2nc1-c1ccccc1. The Bertz CT molecular complexity index is 816. The van der Waals surface area contributed by atoms with Gasteiger partial charge in [0.25, 0.3) is 0 Å². The van der Waals surface area contributed by atoms with Gasteiger partial charge in [0.15, 0.2) is 0 Å². The predicted octanol–water partition coefficient (Wildman–Crippen LogP) is 3.86. The molecule has 3 heteroatoms. The molecule has 0 bridgehead atoms. The summed E-state index contributed by atoms with van der Waals surface area (Å²) in [6.45, 7) is 0.319. The standard InChI is InChI=1S/C20H20N2O/c23-13-16-12-15(16)10-11-19-20(14-6-2-1-3-7-14)22-18-9-5-4-8-17(18)21-19/h1-9,15-16,23H,10-13H2. The molecule has 2 aromatic carbocycles. The van der Waals surface area contributed by atoms with E-state index in [0.717, 1.165) is 47.2 Å². The third-order valence-corrected chi connectivity index (χ3v) is 4.75. The van der Waals surface area contributed by atoms with Gasteiger partial charge in [-0.05, 0) is 43.2 Å². The number of hydrogen-bond acceptors (Lipinski definition) is 3. The molecule has 23 heavy (non-hydrogen) atoms. The molecular weight excluding hydrogens is 284 g/mol. The lowest BCUT2D eigenvalue weighted by Crippen LogP contribution is -2.01. The van der Waals surface area contributed by atoms with Crippen molar-refractivity contribution >= 4 is 11.0 Å². The summed E-state index contributed by atoms with van der Waals surface area (Å²) in [5.74, 6) is 1.15. The Hall–Kier alpha value is -2.26. The molecule has 0 radical (unpaired) electrons. The highest BCUT2D eigenvalue weighted by molar-refractivity contribution is 5.78. The fraction of sp³-hybridized carbons (Fsp3) is 0.300. The smallest absolute Gasteiger partial charge is 0.0925 e. The van der Waals surface area contributed by atoms with E-state index in [1.54, 1.807) is 0 Å². The van der Waals surface area contributed by atoms with Crippen LogP contribution in [0, 0.1) is 11.8 Å². The molecule has 1 aromatic heterocycles. The van der Waals surface area contributed by atoms with Crippen LogP contribution >= 0.6 is 0 Å². The van der Waals surface area contributed by atoms with Crippen molar-refractivity contribution in [2.24, 2.45) is 11.8 Å². The van der Waals surface area contributed by atoms with Crippen molar-refractivity contribution in [1.29, 1.82) is 0 Å². The minimum atomic E-state index is 0.319. The molecule has 1 N–H and O–H groups in total. The maximum Gasteiger partial charge on any atom is 0.0925 e. The monoisotopic (exact) mass is 304 g/mol. The van der Waals surface area contributed by atoms with E-state index < -0.39 is 0 Å². The van der Waals surface area contributed by atoms with Gasteiger partial charge < -0.3 is 5.11 Å². The third kappa shape index (κ3) is 2.97. The molecule has 2 atom stereocenters. The molecule has 1 aliphatic rings. The van der Waals surface area contributed by atoms with Crippen molar-refractivity contribution in [3.63, 3.8) is 0 Å². The zero-order valence-corrected chi connectivity index (χ0v) is 13.0. The number of aromatic nitrogens is 2. The first-order valence-corrected chi connectivity index (χ1v) is 8.27. The van der Waals surface area contributed by atoms with Crippen LogP contribution in [0.4, 0.5) is 0 Å². The van der Waals surface area contributed by atoms with Crippen molar-refractivity contribution in [2.45, 2.75) is 19.3 Å². The van der Waals surface area contributed by atoms with E-state index in [-0.39, 0.29) is 0 Å². The molecule has 1 saturated carbocycles. The first kappa shape index (κ1) is 14.3. The van der Waals surface area contributed by atoms with Crippen molar-refractivity contribution in [3.05, 3.63) is 60.3 Å². The van der Waals surface area contributed by atoms with E-state index in [1.165, 1.54) is 0 Å². The Morgan fingerprint density at radius 3 is 2.26 bits per heavy atom. The number of aliphatic hydroxyl groups excluding tert-OH is 1. The van der Waals surface area contributed by atoms with Gasteiger partial charge in [0.2, 0.25) is 0 Å². The number of para-hydroxylation sites is 2. The van der Waals surface area contributed by atoms with Crippen LogP contribution in [-0.4, -0.2) is 21.7 Å². The van der Waals surface area contributed by atoms with Gasteiger partial charge in [0.05, 0.1) is 22.4 Å². The molecule has 3 nitrogen and oxygen atoms in total. The Balaban J connectivity index is 1.71. The summed E-state index contributed by atoms with van der Waals surface area (Å²) in [7, 11) is 0. The quantitative estimate of drug-likeness (QED) is 0.778. The van der Waals surface area contributed by atoms with Gasteiger partial charge in [-0.2, -0.15) is 0 Å². The fourth-order valence-electron chi connectivity index (χ4n) is 3.25. The van der Waals surface area contributed by atoms with E-state index in [0.29, 0.717) is 18.4 Å². The predicted molar refractivity (Wildman–Crippen MR) is 92.0 cm³/mol. The third-order valence-electron chi connectivity index (χ3n) is 4.75. The normalized spacial score (nSPS) is 19.9. The summed E-state index contributed by atoms with van der Waals surface area (Å²) in [6, 6.07) is 18.3. The second kappa shape index (κ2) is 6.09. The summed E-state index contributed by atoms with van der Waals surface area (Å²) < 4.78 is 0. The molecule has 0 amide bonds. The topological polar surface area (TPSA) is 46.0 Å². The van der Waals surface area contributed by atoms with Crippen LogP contribution in [0.15, 0.2) is 54.6 Å². The number of rotatable bonds is 5. The number of nitrogens with zero attached hydrogens (tertiary/aromatic N) is 2. The molecule has 1 fully saturated rings. The summed E-state index contributed by atoms with van der Waals surface area (Å²) in [6.07, 6.45) is 3.15. The Labute approximate surface area is 136 Å². The molecule has 1 heterocycles. The van der Waals surface area contributed by atoms with Gasteiger partial charge in [-0.15, -0.1) is 0 Å². The number of fused-ring (bicyclic) bond motifs is 1. The van der Waals surface area contributed by atoms with Crippen LogP contribution in [0.3, 0.4) is 0 Å². The minimum Gasteiger partial charge on any atom is -0.396 e. The second-order valence-electron chi connectivity index (χ2n) is 6.35. The highest BCUT2D eigenvalue weighted by Crippen LogP contribution is 2.41. The fourth-order valence-corrected chi connectivity index (χ4v) is 3.25. The van der Waals surface area contributed by atoms with Crippen LogP contribution < -0.4 is 0 Å². The van der Waals surface area contributed by atoms with Crippen molar-refractivity contribution < 1.29 is 5.11 Å². The largest absolute Gasteiger partial charge is 0.396 e. The van der Waals surface area contributed by atoms with Crippen molar-refractivity contribution in [3.8, 4) is 11.3 Å².